The van der Waals surface area contributed by atoms with Crippen molar-refractivity contribution in [3.05, 3.63) is 65.2 Å². The number of fused-ring (bicyclic) bond motifs is 3. The van der Waals surface area contributed by atoms with Crippen LogP contribution in [0.25, 0.3) is 0 Å². The second-order valence-electron chi connectivity index (χ2n) is 17.6. The van der Waals surface area contributed by atoms with Crippen LogP contribution in [0.5, 0.6) is 0 Å². The van der Waals surface area contributed by atoms with Crippen LogP contribution in [0, 0.1) is 17.6 Å². The van der Waals surface area contributed by atoms with E-state index in [0.717, 1.165) is 22.6 Å². The van der Waals surface area contributed by atoms with Crippen LogP contribution >= 0.6 is 7.82 Å². The van der Waals surface area contributed by atoms with Gasteiger partial charge in [0.2, 0.25) is 29.5 Å². The summed E-state index contributed by atoms with van der Waals surface area (Å²) in [6.45, 7) is 8.07. The predicted octanol–water partition coefficient (Wildman–Crippen LogP) is 2.45. The van der Waals surface area contributed by atoms with Gasteiger partial charge in [-0.3, -0.25) is 28.5 Å². The van der Waals surface area contributed by atoms with E-state index >= 15 is 0 Å². The lowest BCUT2D eigenvalue weighted by molar-refractivity contribution is -0.163. The summed E-state index contributed by atoms with van der Waals surface area (Å²) in [6, 6.07) is -0.0714. The number of phosphoric acid groups is 1. The summed E-state index contributed by atoms with van der Waals surface area (Å²) in [6.07, 6.45) is -2.65. The van der Waals surface area contributed by atoms with Gasteiger partial charge in [0, 0.05) is 44.2 Å². The Morgan fingerprint density at radius 3 is 2.18 bits per heavy atom. The Morgan fingerprint density at radius 2 is 1.54 bits per heavy atom. The lowest BCUT2D eigenvalue weighted by atomic mass is 9.98. The summed E-state index contributed by atoms with van der Waals surface area (Å²) in [5, 5.41) is 10.3. The number of piperidine rings is 1. The zero-order valence-electron chi connectivity index (χ0n) is 36.7. The number of nitrogens with zero attached hydrogens (tertiary/aromatic N) is 3. The minimum absolute atomic E-state index is 0.0552. The number of anilines is 1. The van der Waals surface area contributed by atoms with Crippen LogP contribution in [0.1, 0.15) is 83.8 Å². The zero-order chi connectivity index (χ0) is 47.5. The number of carbonyl (C=O) groups is 7. The maximum atomic E-state index is 15.0. The van der Waals surface area contributed by atoms with Gasteiger partial charge in [0.25, 0.3) is 0 Å². The Labute approximate surface area is 374 Å². The third-order valence-electron chi connectivity index (χ3n) is 12.2. The Bertz CT molecular complexity index is 2190. The highest BCUT2D eigenvalue weighted by Gasteiger charge is 2.50. The molecule has 2 aromatic carbocycles. The molecule has 6 rings (SSSR count). The van der Waals surface area contributed by atoms with Gasteiger partial charge >= 0.3 is 19.8 Å². The molecular formula is C43H56F2N7O12P. The average molecular weight is 932 g/mol. The summed E-state index contributed by atoms with van der Waals surface area (Å²) in [5.74, 6) is -7.15. The van der Waals surface area contributed by atoms with Gasteiger partial charge in [-0.2, -0.15) is 0 Å². The molecule has 0 aliphatic carbocycles. The molecule has 65 heavy (non-hydrogen) atoms. The number of amides is 7. The van der Waals surface area contributed by atoms with Gasteiger partial charge in [0.15, 0.2) is 0 Å². The second kappa shape index (κ2) is 20.3. The predicted molar refractivity (Wildman–Crippen MR) is 227 cm³/mol. The summed E-state index contributed by atoms with van der Waals surface area (Å²) < 4.78 is 51.8. The summed E-state index contributed by atoms with van der Waals surface area (Å²) in [4.78, 5) is 122. The van der Waals surface area contributed by atoms with Gasteiger partial charge in [0.05, 0.1) is 6.10 Å². The molecule has 4 heterocycles. The highest BCUT2D eigenvalue weighted by molar-refractivity contribution is 7.46. The van der Waals surface area contributed by atoms with Gasteiger partial charge in [0.1, 0.15) is 54.0 Å². The lowest BCUT2D eigenvalue weighted by Gasteiger charge is -2.39. The molecule has 4 aliphatic heterocycles. The first-order valence-electron chi connectivity index (χ1n) is 21.7. The summed E-state index contributed by atoms with van der Waals surface area (Å²) in [7, 11) is -5.21. The second-order valence-corrected chi connectivity index (χ2v) is 18.8. The highest BCUT2D eigenvalue weighted by atomic mass is 31.2. The van der Waals surface area contributed by atoms with Crippen molar-refractivity contribution < 1.29 is 66.0 Å². The van der Waals surface area contributed by atoms with Crippen molar-refractivity contribution in [2.45, 2.75) is 128 Å². The molecule has 0 spiro atoms. The molecule has 19 nitrogen and oxygen atoms in total. The van der Waals surface area contributed by atoms with Crippen LogP contribution in [0.3, 0.4) is 0 Å². The van der Waals surface area contributed by atoms with E-state index in [-0.39, 0.29) is 43.3 Å². The number of hydrogen-bond donors (Lipinski definition) is 6. The standard InChI is InChI=1S/C43H56F2N7O12P/c1-22(2)27-9-11-30(12-10-27)47-43(59)48-32(17-26-15-28(44)18-29(45)16-26)37(53)49-36-25(5)63-42(58)35-14-23(3)20-51(35)39(55)24(4)46-38(54)33-8-6-7-13-50(33)40(56)34-19-31(64-65(60,61)62)21-52(34)41(36)57/h9-12,15-16,18,22-25,31-36H,6-8,13-14,17,19-21H2,1-5H3,(H,46,54)(H,49,53)(H2,47,48,59)(H2,60,61,62)/t23-,24+,25+,31-,32+,33+,34+,35+,36+/m1/s1. The number of rotatable bonds is 9. The molecule has 0 aromatic heterocycles. The molecule has 4 aliphatic rings. The van der Waals surface area contributed by atoms with Crippen molar-refractivity contribution in [2.24, 2.45) is 5.92 Å². The van der Waals surface area contributed by atoms with Crippen molar-refractivity contribution in [1.29, 1.82) is 0 Å². The molecule has 7 amide bonds. The van der Waals surface area contributed by atoms with Crippen LogP contribution in [-0.4, -0.2) is 134 Å². The minimum atomic E-state index is -5.21. The largest absolute Gasteiger partial charge is 0.469 e. The molecule has 0 bridgehead atoms. The average Bonchev–Trinajstić information content (AvgIpc) is 3.83. The number of phosphoric ester groups is 1. The minimum Gasteiger partial charge on any atom is -0.458 e. The van der Waals surface area contributed by atoms with E-state index < -0.39 is 129 Å². The maximum Gasteiger partial charge on any atom is 0.469 e. The zero-order valence-corrected chi connectivity index (χ0v) is 37.6. The smallest absolute Gasteiger partial charge is 0.458 e. The third-order valence-corrected chi connectivity index (χ3v) is 12.7. The van der Waals surface area contributed by atoms with Crippen LogP contribution in [-0.2, 0) is 49.0 Å². The van der Waals surface area contributed by atoms with Crippen LogP contribution in [0.15, 0.2) is 42.5 Å². The fraction of sp³-hybridized carbons (Fsp3) is 0.558. The van der Waals surface area contributed by atoms with E-state index in [0.29, 0.717) is 24.6 Å². The van der Waals surface area contributed by atoms with Crippen LogP contribution in [0.2, 0.25) is 0 Å². The van der Waals surface area contributed by atoms with Gasteiger partial charge in [-0.15, -0.1) is 0 Å². The highest BCUT2D eigenvalue weighted by Crippen LogP contribution is 2.41. The quantitative estimate of drug-likeness (QED) is 0.157. The molecular weight excluding hydrogens is 875 g/mol. The van der Waals surface area contributed by atoms with E-state index in [1.165, 1.54) is 23.6 Å². The van der Waals surface area contributed by atoms with E-state index in [4.69, 9.17) is 9.26 Å². The molecule has 0 radical (unpaired) electrons. The Kier molecular flexibility index (Phi) is 15.3. The van der Waals surface area contributed by atoms with E-state index in [9.17, 15) is 56.7 Å². The van der Waals surface area contributed by atoms with Crippen molar-refractivity contribution in [3.63, 3.8) is 0 Å². The first-order chi connectivity index (χ1) is 30.6. The molecule has 0 unspecified atom stereocenters. The van der Waals surface area contributed by atoms with E-state index in [1.807, 2.05) is 13.8 Å². The lowest BCUT2D eigenvalue weighted by Crippen LogP contribution is -2.63. The fourth-order valence-electron chi connectivity index (χ4n) is 8.93. The Hall–Kier alpha value is -5.50. The van der Waals surface area contributed by atoms with Gasteiger partial charge in [-0.05, 0) is 86.8 Å². The fourth-order valence-corrected chi connectivity index (χ4v) is 9.47. The number of ether oxygens (including phenoxy) is 1. The molecule has 2 aromatic rings. The summed E-state index contributed by atoms with van der Waals surface area (Å²) >= 11 is 0. The van der Waals surface area contributed by atoms with E-state index in [2.05, 4.69) is 21.3 Å². The number of esters is 1. The topological polar surface area (TPSA) is 253 Å². The van der Waals surface area contributed by atoms with Gasteiger partial charge in [-0.1, -0.05) is 32.9 Å². The van der Waals surface area contributed by atoms with Crippen molar-refractivity contribution in [2.75, 3.05) is 25.0 Å². The number of nitrogens with one attached hydrogen (secondary N) is 4. The summed E-state index contributed by atoms with van der Waals surface area (Å²) in [5.41, 5.74) is 1.25. The van der Waals surface area contributed by atoms with Crippen molar-refractivity contribution >= 4 is 55.0 Å². The van der Waals surface area contributed by atoms with Crippen molar-refractivity contribution in [1.82, 2.24) is 30.7 Å². The molecule has 4 fully saturated rings. The molecule has 22 heteroatoms. The third kappa shape index (κ3) is 12.0. The molecule has 6 N–H and O–H groups in total. The van der Waals surface area contributed by atoms with Gasteiger partial charge in [-0.25, -0.2) is 22.9 Å². The Balaban J connectivity index is 1.38. The number of benzene rings is 2. The van der Waals surface area contributed by atoms with Crippen LogP contribution < -0.4 is 21.3 Å². The van der Waals surface area contributed by atoms with Gasteiger partial charge < -0.3 is 50.5 Å². The number of halogens is 2. The van der Waals surface area contributed by atoms with Crippen molar-refractivity contribution in [3.8, 4) is 0 Å². The SMILES string of the molecule is CC(C)c1ccc(NC(=O)N[C@@H](Cc2cc(F)cc(F)c2)C(=O)N[C@@H]2C(=O)N3C[C@H](OP(=O)(O)O)C[C@H]3C(=O)N3CCCC[C@H]3C(=O)N[C@@H](C)C(=O)N3C[C@H](C)C[C@H]3C(=O)O[C@H]2C)cc1. The Morgan fingerprint density at radius 1 is 0.877 bits per heavy atom. The monoisotopic (exact) mass is 931 g/mol. The first-order valence-corrected chi connectivity index (χ1v) is 23.2. The molecule has 0 saturated carbocycles. The molecule has 4 saturated heterocycles. The number of cyclic esters (lactones) is 1. The first kappa shape index (κ1) is 48.9. The normalized spacial score (nSPS) is 27.4. The van der Waals surface area contributed by atoms with Crippen LogP contribution in [0.4, 0.5) is 19.3 Å². The maximum absolute atomic E-state index is 15.0. The number of hydrogen-bond acceptors (Lipinski definition) is 10. The van der Waals surface area contributed by atoms with E-state index in [1.54, 1.807) is 31.2 Å². The molecule has 9 atom stereocenters. The molecule has 354 valence electrons. The number of carbonyl (C=O) groups excluding carboxylic acids is 7. The number of urea groups is 1.